The normalized spacial score (nSPS) is 11.6. The lowest BCUT2D eigenvalue weighted by Crippen LogP contribution is -2.33. The molecule has 0 aliphatic carbocycles. The molecular weight excluding hydrogens is 320 g/mol. The van der Waals surface area contributed by atoms with E-state index in [0.29, 0.717) is 11.3 Å². The van der Waals surface area contributed by atoms with E-state index in [9.17, 15) is 14.4 Å². The predicted molar refractivity (Wildman–Crippen MR) is 97.5 cm³/mol. The Hall–Kier alpha value is -2.37. The van der Waals surface area contributed by atoms with Crippen LogP contribution < -0.4 is 5.32 Å². The summed E-state index contributed by atoms with van der Waals surface area (Å²) in [7, 11) is 0. The van der Waals surface area contributed by atoms with E-state index in [1.54, 1.807) is 36.1 Å². The number of amides is 2. The standard InChI is InChI=1S/C19H28N2O4/c1-4-12-21(13-5-2)18(23)11-10-17(22)20-16-8-6-15(7-9-16)14(3)19(24)25/h6-9,14H,4-5,10-13H2,1-3H3,(H,20,22)(H,24,25). The van der Waals surface area contributed by atoms with Gasteiger partial charge in [0.25, 0.3) is 0 Å². The first-order chi connectivity index (χ1) is 11.9. The lowest BCUT2D eigenvalue weighted by atomic mass is 10.0. The number of carbonyl (C=O) groups is 3. The highest BCUT2D eigenvalue weighted by atomic mass is 16.4. The third-order valence-corrected chi connectivity index (χ3v) is 3.97. The molecule has 2 N–H and O–H groups in total. The molecule has 0 saturated carbocycles. The van der Waals surface area contributed by atoms with Crippen molar-refractivity contribution < 1.29 is 19.5 Å². The summed E-state index contributed by atoms with van der Waals surface area (Å²) >= 11 is 0. The van der Waals surface area contributed by atoms with Crippen LogP contribution in [0.25, 0.3) is 0 Å². The molecule has 0 spiro atoms. The zero-order valence-corrected chi connectivity index (χ0v) is 15.2. The second-order valence-corrected chi connectivity index (χ2v) is 6.11. The van der Waals surface area contributed by atoms with E-state index in [2.05, 4.69) is 5.32 Å². The molecule has 0 radical (unpaired) electrons. The number of nitrogens with one attached hydrogen (secondary N) is 1. The van der Waals surface area contributed by atoms with Crippen LogP contribution in [-0.2, 0) is 14.4 Å². The Morgan fingerprint density at radius 2 is 1.60 bits per heavy atom. The molecule has 0 aliphatic heterocycles. The summed E-state index contributed by atoms with van der Waals surface area (Å²) in [6.07, 6.45) is 2.13. The van der Waals surface area contributed by atoms with Gasteiger partial charge in [0, 0.05) is 31.6 Å². The topological polar surface area (TPSA) is 86.7 Å². The fraction of sp³-hybridized carbons (Fsp3) is 0.526. The third kappa shape index (κ3) is 6.95. The Kier molecular flexibility index (Phi) is 8.67. The SMILES string of the molecule is CCCN(CCC)C(=O)CCC(=O)Nc1ccc(C(C)C(=O)O)cc1. The Labute approximate surface area is 149 Å². The van der Waals surface area contributed by atoms with Crippen LogP contribution in [0.5, 0.6) is 0 Å². The molecule has 6 nitrogen and oxygen atoms in total. The number of benzene rings is 1. The lowest BCUT2D eigenvalue weighted by molar-refractivity contribution is -0.138. The summed E-state index contributed by atoms with van der Waals surface area (Å²) in [6.45, 7) is 7.10. The van der Waals surface area contributed by atoms with Crippen molar-refractivity contribution in [2.75, 3.05) is 18.4 Å². The van der Waals surface area contributed by atoms with Gasteiger partial charge in [-0.1, -0.05) is 26.0 Å². The van der Waals surface area contributed by atoms with Gasteiger partial charge in [-0.05, 0) is 37.5 Å². The zero-order valence-electron chi connectivity index (χ0n) is 15.2. The van der Waals surface area contributed by atoms with E-state index in [4.69, 9.17) is 5.11 Å². The summed E-state index contributed by atoms with van der Waals surface area (Å²) in [6, 6.07) is 6.72. The highest BCUT2D eigenvalue weighted by Crippen LogP contribution is 2.18. The Morgan fingerprint density at radius 1 is 1.04 bits per heavy atom. The van der Waals surface area contributed by atoms with Gasteiger partial charge in [0.05, 0.1) is 5.92 Å². The fourth-order valence-electron chi connectivity index (χ4n) is 2.50. The number of hydrogen-bond acceptors (Lipinski definition) is 3. The number of rotatable bonds is 10. The quantitative estimate of drug-likeness (QED) is 0.679. The summed E-state index contributed by atoms with van der Waals surface area (Å²) < 4.78 is 0. The van der Waals surface area contributed by atoms with Crippen LogP contribution >= 0.6 is 0 Å². The van der Waals surface area contributed by atoms with Gasteiger partial charge in [-0.2, -0.15) is 0 Å². The molecule has 2 amide bonds. The van der Waals surface area contributed by atoms with Crippen LogP contribution in [0.4, 0.5) is 5.69 Å². The Bertz CT molecular complexity index is 578. The lowest BCUT2D eigenvalue weighted by Gasteiger charge is -2.21. The molecule has 0 aromatic heterocycles. The molecule has 0 aliphatic rings. The molecule has 0 heterocycles. The number of anilines is 1. The second kappa shape index (κ2) is 10.5. The van der Waals surface area contributed by atoms with Crippen molar-refractivity contribution in [2.24, 2.45) is 0 Å². The van der Waals surface area contributed by atoms with Gasteiger partial charge in [0.1, 0.15) is 0 Å². The van der Waals surface area contributed by atoms with Crippen molar-refractivity contribution in [3.05, 3.63) is 29.8 Å². The van der Waals surface area contributed by atoms with Crippen LogP contribution in [0.2, 0.25) is 0 Å². The van der Waals surface area contributed by atoms with Crippen LogP contribution in [-0.4, -0.2) is 40.9 Å². The molecule has 0 fully saturated rings. The highest BCUT2D eigenvalue weighted by Gasteiger charge is 2.15. The molecule has 1 unspecified atom stereocenters. The van der Waals surface area contributed by atoms with Crippen LogP contribution in [0.15, 0.2) is 24.3 Å². The smallest absolute Gasteiger partial charge is 0.310 e. The van der Waals surface area contributed by atoms with E-state index in [-0.39, 0.29) is 24.7 Å². The van der Waals surface area contributed by atoms with Gasteiger partial charge in [-0.3, -0.25) is 14.4 Å². The maximum Gasteiger partial charge on any atom is 0.310 e. The minimum atomic E-state index is -0.890. The molecule has 0 bridgehead atoms. The van der Waals surface area contributed by atoms with Gasteiger partial charge in [-0.15, -0.1) is 0 Å². The number of nitrogens with zero attached hydrogens (tertiary/aromatic N) is 1. The van der Waals surface area contributed by atoms with Gasteiger partial charge >= 0.3 is 5.97 Å². The predicted octanol–water partition coefficient (Wildman–Crippen LogP) is 3.24. The number of aliphatic carboxylic acids is 1. The van der Waals surface area contributed by atoms with E-state index >= 15 is 0 Å². The minimum absolute atomic E-state index is 0.00415. The third-order valence-electron chi connectivity index (χ3n) is 3.97. The zero-order chi connectivity index (χ0) is 18.8. The summed E-state index contributed by atoms with van der Waals surface area (Å²) in [5, 5.41) is 11.7. The van der Waals surface area contributed by atoms with E-state index in [1.807, 2.05) is 13.8 Å². The van der Waals surface area contributed by atoms with Crippen molar-refractivity contribution in [1.82, 2.24) is 4.90 Å². The average molecular weight is 348 g/mol. The first-order valence-electron chi connectivity index (χ1n) is 8.79. The highest BCUT2D eigenvalue weighted by molar-refractivity contribution is 5.93. The van der Waals surface area contributed by atoms with Crippen molar-refractivity contribution in [1.29, 1.82) is 0 Å². The van der Waals surface area contributed by atoms with Gasteiger partial charge < -0.3 is 15.3 Å². The van der Waals surface area contributed by atoms with E-state index in [0.717, 1.165) is 25.9 Å². The first kappa shape index (κ1) is 20.7. The van der Waals surface area contributed by atoms with Crippen molar-refractivity contribution in [3.63, 3.8) is 0 Å². The maximum atomic E-state index is 12.2. The molecule has 6 heteroatoms. The van der Waals surface area contributed by atoms with Crippen molar-refractivity contribution in [2.45, 2.75) is 52.4 Å². The van der Waals surface area contributed by atoms with E-state index < -0.39 is 11.9 Å². The summed E-state index contributed by atoms with van der Waals surface area (Å²) in [5.41, 5.74) is 1.27. The van der Waals surface area contributed by atoms with Gasteiger partial charge in [0.2, 0.25) is 11.8 Å². The molecule has 1 aromatic rings. The Morgan fingerprint density at radius 3 is 2.08 bits per heavy atom. The molecule has 0 saturated heterocycles. The fourth-order valence-corrected chi connectivity index (χ4v) is 2.50. The molecule has 1 aromatic carbocycles. The van der Waals surface area contributed by atoms with Gasteiger partial charge in [-0.25, -0.2) is 0 Å². The van der Waals surface area contributed by atoms with E-state index in [1.165, 1.54) is 0 Å². The van der Waals surface area contributed by atoms with Gasteiger partial charge in [0.15, 0.2) is 0 Å². The van der Waals surface area contributed by atoms with Crippen LogP contribution in [0.3, 0.4) is 0 Å². The number of hydrogen-bond donors (Lipinski definition) is 2. The summed E-state index contributed by atoms with van der Waals surface area (Å²) in [4.78, 5) is 36.9. The molecular formula is C19H28N2O4. The number of carboxylic acid groups (broad SMARTS) is 1. The molecule has 25 heavy (non-hydrogen) atoms. The maximum absolute atomic E-state index is 12.2. The molecule has 1 rings (SSSR count). The minimum Gasteiger partial charge on any atom is -0.481 e. The second-order valence-electron chi connectivity index (χ2n) is 6.11. The largest absolute Gasteiger partial charge is 0.481 e. The number of carboxylic acids is 1. The average Bonchev–Trinajstić information content (AvgIpc) is 2.59. The number of carbonyl (C=O) groups excluding carboxylic acids is 2. The monoisotopic (exact) mass is 348 g/mol. The summed E-state index contributed by atoms with van der Waals surface area (Å²) in [5.74, 6) is -1.70. The van der Waals surface area contributed by atoms with Crippen molar-refractivity contribution >= 4 is 23.5 Å². The van der Waals surface area contributed by atoms with Crippen molar-refractivity contribution in [3.8, 4) is 0 Å². The van der Waals surface area contributed by atoms with Crippen LogP contribution in [0.1, 0.15) is 57.9 Å². The Balaban J connectivity index is 2.51. The molecule has 1 atom stereocenters. The first-order valence-corrected chi connectivity index (χ1v) is 8.79. The molecule has 138 valence electrons. The van der Waals surface area contributed by atoms with Crippen LogP contribution in [0, 0.1) is 0 Å².